The van der Waals surface area contributed by atoms with E-state index in [-0.39, 0.29) is 36.1 Å². The zero-order valence-electron chi connectivity index (χ0n) is 21.2. The molecule has 6 N–H and O–H groups in total. The van der Waals surface area contributed by atoms with E-state index < -0.39 is 6.17 Å². The van der Waals surface area contributed by atoms with Gasteiger partial charge in [-0.05, 0) is 51.5 Å². The Bertz CT molecular complexity index is 697. The molecular formula is C25H46FN7O2. The number of nitrogens with one attached hydrogen (secondary N) is 6. The average molecular weight is 496 g/mol. The molecule has 2 saturated carbocycles. The second-order valence-corrected chi connectivity index (χ2v) is 11.3. The number of halogens is 1. The van der Waals surface area contributed by atoms with Crippen molar-refractivity contribution in [3.63, 3.8) is 0 Å². The molecule has 0 aromatic rings. The molecule has 2 aliphatic carbocycles. The van der Waals surface area contributed by atoms with Crippen molar-refractivity contribution >= 4 is 5.91 Å². The second-order valence-electron chi connectivity index (χ2n) is 11.3. The van der Waals surface area contributed by atoms with Crippen molar-refractivity contribution in [2.24, 2.45) is 11.8 Å². The monoisotopic (exact) mass is 495 g/mol. The van der Waals surface area contributed by atoms with Gasteiger partial charge >= 0.3 is 0 Å². The highest BCUT2D eigenvalue weighted by Crippen LogP contribution is 2.36. The quantitative estimate of drug-likeness (QED) is 0.290. The van der Waals surface area contributed by atoms with Crippen LogP contribution in [0.2, 0.25) is 0 Å². The summed E-state index contributed by atoms with van der Waals surface area (Å²) < 4.78 is 19.6. The van der Waals surface area contributed by atoms with Crippen LogP contribution in [0.1, 0.15) is 64.7 Å². The van der Waals surface area contributed by atoms with Crippen LogP contribution in [0.25, 0.3) is 0 Å². The predicted octanol–water partition coefficient (Wildman–Crippen LogP) is 0.538. The topological polar surface area (TPSA) is 102 Å². The molecule has 5 aliphatic rings. The molecule has 3 aliphatic heterocycles. The number of alkyl halides is 1. The molecule has 0 bridgehead atoms. The number of nitrogens with zero attached hydrogens (tertiary/aromatic N) is 1. The van der Waals surface area contributed by atoms with Crippen molar-refractivity contribution in [3.8, 4) is 0 Å². The molecule has 9 atom stereocenters. The fraction of sp³-hybridized carbons (Fsp3) is 0.960. The van der Waals surface area contributed by atoms with Crippen molar-refractivity contribution in [3.05, 3.63) is 0 Å². The second kappa shape index (κ2) is 12.1. The molecule has 0 radical (unpaired) electrons. The van der Waals surface area contributed by atoms with Gasteiger partial charge in [-0.1, -0.05) is 13.3 Å². The molecule has 10 heteroatoms. The summed E-state index contributed by atoms with van der Waals surface area (Å²) in [6.45, 7) is 6.59. The standard InChI is InChI=1S/C25H46FN7O2/c1-2-10-33-23(31-32-24(33)20-8-9-27-15-29-20)13-28-18-5-3-4-16(11-18)25(34)30-21-14-35-22-12-17(26)6-7-19(21)22/h16-24,27-29,31-32H,2-15H2,1H3,(H,30,34)/t16?,17?,18?,19?,20?,21-,22?,23?,24?/m1/s1. The third-order valence-corrected chi connectivity index (χ3v) is 8.90. The van der Waals surface area contributed by atoms with Crippen molar-refractivity contribution < 1.29 is 13.9 Å². The minimum absolute atomic E-state index is 0.0210. The maximum atomic E-state index is 13.7. The van der Waals surface area contributed by atoms with Gasteiger partial charge in [0.2, 0.25) is 5.91 Å². The van der Waals surface area contributed by atoms with Gasteiger partial charge in [-0.25, -0.2) is 15.2 Å². The Hall–Kier alpha value is -0.880. The van der Waals surface area contributed by atoms with E-state index >= 15 is 0 Å². The van der Waals surface area contributed by atoms with Crippen LogP contribution in [0, 0.1) is 11.8 Å². The largest absolute Gasteiger partial charge is 0.376 e. The maximum absolute atomic E-state index is 13.7. The molecule has 0 aromatic heterocycles. The zero-order chi connectivity index (χ0) is 24.2. The van der Waals surface area contributed by atoms with Crippen molar-refractivity contribution in [1.29, 1.82) is 0 Å². The van der Waals surface area contributed by atoms with E-state index in [1.807, 2.05) is 0 Å². The number of amides is 1. The fourth-order valence-corrected chi connectivity index (χ4v) is 6.96. The molecule has 5 rings (SSSR count). The summed E-state index contributed by atoms with van der Waals surface area (Å²) >= 11 is 0. The molecule has 3 saturated heterocycles. The smallest absolute Gasteiger partial charge is 0.223 e. The van der Waals surface area contributed by atoms with E-state index in [1.54, 1.807) is 0 Å². The molecule has 1 amide bonds. The summed E-state index contributed by atoms with van der Waals surface area (Å²) in [5.41, 5.74) is 7.06. The van der Waals surface area contributed by atoms with Gasteiger partial charge in [0.15, 0.2) is 0 Å². The molecule has 35 heavy (non-hydrogen) atoms. The van der Waals surface area contributed by atoms with Crippen LogP contribution in [0.3, 0.4) is 0 Å². The Morgan fingerprint density at radius 3 is 2.89 bits per heavy atom. The van der Waals surface area contributed by atoms with Gasteiger partial charge < -0.3 is 20.7 Å². The van der Waals surface area contributed by atoms with E-state index in [4.69, 9.17) is 4.74 Å². The van der Waals surface area contributed by atoms with Gasteiger partial charge in [-0.3, -0.25) is 15.0 Å². The van der Waals surface area contributed by atoms with E-state index in [0.29, 0.717) is 37.7 Å². The lowest BCUT2D eigenvalue weighted by molar-refractivity contribution is -0.127. The summed E-state index contributed by atoms with van der Waals surface area (Å²) in [6.07, 6.45) is 7.91. The lowest BCUT2D eigenvalue weighted by Crippen LogP contribution is -2.59. The summed E-state index contributed by atoms with van der Waals surface area (Å²) in [7, 11) is 0. The van der Waals surface area contributed by atoms with Gasteiger partial charge in [-0.2, -0.15) is 0 Å². The summed E-state index contributed by atoms with van der Waals surface area (Å²) in [5.74, 6) is 0.487. The molecule has 3 heterocycles. The van der Waals surface area contributed by atoms with Crippen LogP contribution < -0.4 is 32.1 Å². The first kappa shape index (κ1) is 25.8. The van der Waals surface area contributed by atoms with Crippen LogP contribution in [-0.4, -0.2) is 86.4 Å². The van der Waals surface area contributed by atoms with Gasteiger partial charge in [0.1, 0.15) is 6.17 Å². The van der Waals surface area contributed by atoms with Crippen LogP contribution >= 0.6 is 0 Å². The maximum Gasteiger partial charge on any atom is 0.223 e. The molecule has 9 nitrogen and oxygen atoms in total. The Morgan fingerprint density at radius 1 is 1.14 bits per heavy atom. The fourth-order valence-electron chi connectivity index (χ4n) is 6.96. The molecule has 8 unspecified atom stereocenters. The number of hydrogen-bond donors (Lipinski definition) is 6. The van der Waals surface area contributed by atoms with Crippen LogP contribution in [-0.2, 0) is 9.53 Å². The lowest BCUT2D eigenvalue weighted by atomic mass is 9.81. The minimum atomic E-state index is -0.750. The number of ether oxygens (including phenoxy) is 1. The van der Waals surface area contributed by atoms with Gasteiger partial charge in [0.25, 0.3) is 0 Å². The summed E-state index contributed by atoms with van der Waals surface area (Å²) in [6, 6.07) is 0.836. The zero-order valence-corrected chi connectivity index (χ0v) is 21.2. The van der Waals surface area contributed by atoms with Gasteiger partial charge in [0, 0.05) is 50.1 Å². The van der Waals surface area contributed by atoms with Gasteiger partial charge in [-0.15, -0.1) is 0 Å². The first-order valence-corrected chi connectivity index (χ1v) is 14.1. The Balaban J connectivity index is 1.09. The summed E-state index contributed by atoms with van der Waals surface area (Å²) in [5, 5.41) is 14.0. The Morgan fingerprint density at radius 2 is 2.06 bits per heavy atom. The van der Waals surface area contributed by atoms with E-state index in [1.165, 1.54) is 0 Å². The number of rotatable bonds is 8. The van der Waals surface area contributed by atoms with E-state index in [0.717, 1.165) is 71.2 Å². The minimum Gasteiger partial charge on any atom is -0.376 e. The third kappa shape index (κ3) is 6.17. The van der Waals surface area contributed by atoms with E-state index in [2.05, 4.69) is 43.9 Å². The predicted molar refractivity (Wildman–Crippen MR) is 133 cm³/mol. The van der Waals surface area contributed by atoms with Crippen LogP contribution in [0.4, 0.5) is 4.39 Å². The first-order chi connectivity index (χ1) is 17.1. The van der Waals surface area contributed by atoms with Crippen LogP contribution in [0.5, 0.6) is 0 Å². The number of hydrazine groups is 1. The Kier molecular flexibility index (Phi) is 8.91. The molecule has 0 spiro atoms. The number of hydrogen-bond acceptors (Lipinski definition) is 8. The highest BCUT2D eigenvalue weighted by Gasteiger charge is 2.43. The highest BCUT2D eigenvalue weighted by atomic mass is 19.1. The van der Waals surface area contributed by atoms with E-state index in [9.17, 15) is 9.18 Å². The Labute approximate surface area is 209 Å². The number of carbonyl (C=O) groups excluding carboxylic acids is 1. The average Bonchev–Trinajstić information content (AvgIpc) is 3.47. The number of carbonyl (C=O) groups is 1. The first-order valence-electron chi connectivity index (χ1n) is 14.1. The van der Waals surface area contributed by atoms with Crippen molar-refractivity contribution in [2.45, 2.75) is 107 Å². The molecular weight excluding hydrogens is 449 g/mol. The summed E-state index contributed by atoms with van der Waals surface area (Å²) in [4.78, 5) is 15.7. The van der Waals surface area contributed by atoms with Crippen LogP contribution in [0.15, 0.2) is 0 Å². The number of fused-ring (bicyclic) bond motifs is 1. The van der Waals surface area contributed by atoms with Crippen molar-refractivity contribution in [2.75, 3.05) is 32.9 Å². The third-order valence-electron chi connectivity index (χ3n) is 8.90. The normalized spacial score (nSPS) is 42.6. The van der Waals surface area contributed by atoms with Gasteiger partial charge in [0.05, 0.1) is 31.1 Å². The molecule has 5 fully saturated rings. The SMILES string of the molecule is CCCN1C(CNC2CCCC(C(=O)N[C@@H]3COC4CC(F)CCC43)C2)NNC1C1CCNCN1. The van der Waals surface area contributed by atoms with Crippen molar-refractivity contribution in [1.82, 2.24) is 37.0 Å². The highest BCUT2D eigenvalue weighted by molar-refractivity contribution is 5.79. The molecule has 0 aromatic carbocycles. The molecule has 200 valence electrons. The lowest BCUT2D eigenvalue weighted by Gasteiger charge is -2.36.